The minimum Gasteiger partial charge on any atom is -0.415 e. The molecule has 2 unspecified atom stereocenters. The molecule has 0 aromatic carbocycles. The molecule has 0 heterocycles. The number of alkyl halides is 2. The molecule has 104 valence electrons. The lowest BCUT2D eigenvalue weighted by Gasteiger charge is -2.35. The Labute approximate surface area is 124 Å². The van der Waals surface area contributed by atoms with Gasteiger partial charge in [-0.15, -0.1) is 0 Å². The van der Waals surface area contributed by atoms with Gasteiger partial charge in [0.2, 0.25) is 0 Å². The maximum Gasteiger partial charge on any atom is 0.325 e. The molecule has 0 saturated carbocycles. The monoisotopic (exact) mass is 406 g/mol. The molecule has 0 aromatic rings. The molecule has 0 amide bonds. The van der Waals surface area contributed by atoms with Crippen LogP contribution in [-0.2, 0) is 13.0 Å². The van der Waals surface area contributed by atoms with Crippen molar-refractivity contribution in [1.29, 1.82) is 0 Å². The van der Waals surface area contributed by atoms with Crippen molar-refractivity contribution in [2.24, 2.45) is 0 Å². The second kappa shape index (κ2) is 9.22. The molecular weight excluding hydrogens is 384 g/mol. The van der Waals surface area contributed by atoms with Gasteiger partial charge in [0.05, 0.1) is 0 Å². The average Bonchev–Trinajstić information content (AvgIpc) is 2.34. The van der Waals surface area contributed by atoms with Crippen LogP contribution in [0.25, 0.3) is 0 Å². The van der Waals surface area contributed by atoms with Crippen molar-refractivity contribution in [2.45, 2.75) is 38.0 Å². The van der Waals surface area contributed by atoms with Gasteiger partial charge in [-0.3, -0.25) is 0 Å². The van der Waals surface area contributed by atoms with Crippen LogP contribution in [0.4, 0.5) is 0 Å². The summed E-state index contributed by atoms with van der Waals surface area (Å²) >= 11 is 6.91. The molecule has 0 radical (unpaired) electrons. The highest BCUT2D eigenvalue weighted by atomic mass is 79.9. The zero-order valence-electron chi connectivity index (χ0n) is 11.2. The fraction of sp³-hybridized carbons (Fsp3) is 1.00. The van der Waals surface area contributed by atoms with Gasteiger partial charge in [-0.1, -0.05) is 31.9 Å². The fourth-order valence-electron chi connectivity index (χ4n) is 1.62. The Hall–Kier alpha value is 1.27. The molecule has 0 aromatic heterocycles. The third-order valence-corrected chi connectivity index (χ3v) is 11.7. The Kier molecular flexibility index (Phi) is 9.91. The first-order valence-corrected chi connectivity index (χ1v) is 13.2. The van der Waals surface area contributed by atoms with E-state index in [1.807, 2.05) is 0 Å². The third-order valence-electron chi connectivity index (χ3n) is 2.82. The molecule has 7 heteroatoms. The number of hydrogen-bond donors (Lipinski definition) is 0. The minimum absolute atomic E-state index is 0.995. The van der Waals surface area contributed by atoms with Gasteiger partial charge in [0, 0.05) is 24.9 Å². The van der Waals surface area contributed by atoms with E-state index in [2.05, 4.69) is 45.0 Å². The second-order valence-corrected chi connectivity index (χ2v) is 13.1. The van der Waals surface area contributed by atoms with Crippen molar-refractivity contribution in [2.75, 3.05) is 24.9 Å². The van der Waals surface area contributed by atoms with Gasteiger partial charge in [0.1, 0.15) is 0 Å². The van der Waals surface area contributed by atoms with E-state index in [1.165, 1.54) is 0 Å². The van der Waals surface area contributed by atoms with Gasteiger partial charge in [-0.05, 0) is 38.0 Å². The minimum atomic E-state index is -2.06. The van der Waals surface area contributed by atoms with E-state index in [0.717, 1.165) is 35.6 Å². The standard InChI is InChI=1S/C10H24Br2O3Si2/c1-13-16(3,9-5-7-11)15-17(4,14-2)10-6-8-12/h5-10H2,1-4H3. The smallest absolute Gasteiger partial charge is 0.325 e. The van der Waals surface area contributed by atoms with Gasteiger partial charge < -0.3 is 13.0 Å². The highest BCUT2D eigenvalue weighted by molar-refractivity contribution is 9.09. The summed E-state index contributed by atoms with van der Waals surface area (Å²) in [7, 11) is -0.600. The molecular formula is C10H24Br2O3Si2. The Morgan fingerprint density at radius 2 is 1.18 bits per heavy atom. The summed E-state index contributed by atoms with van der Waals surface area (Å²) in [5, 5.41) is 1.99. The second-order valence-electron chi connectivity index (χ2n) is 4.36. The average molecular weight is 408 g/mol. The predicted octanol–water partition coefficient (Wildman–Crippen LogP) is 4.01. The van der Waals surface area contributed by atoms with Gasteiger partial charge in [0.15, 0.2) is 0 Å². The first kappa shape index (κ1) is 18.3. The molecule has 3 nitrogen and oxygen atoms in total. The molecule has 0 aliphatic carbocycles. The third kappa shape index (κ3) is 7.44. The number of halogens is 2. The lowest BCUT2D eigenvalue weighted by atomic mass is 10.6. The summed E-state index contributed by atoms with van der Waals surface area (Å²) < 4.78 is 17.6. The molecule has 0 aliphatic rings. The van der Waals surface area contributed by atoms with E-state index in [0.29, 0.717) is 0 Å². The molecule has 0 rings (SSSR count). The van der Waals surface area contributed by atoms with Crippen LogP contribution in [-0.4, -0.2) is 42.0 Å². The Morgan fingerprint density at radius 1 is 0.824 bits per heavy atom. The van der Waals surface area contributed by atoms with Crippen LogP contribution >= 0.6 is 31.9 Å². The fourth-order valence-corrected chi connectivity index (χ4v) is 10.4. The maximum atomic E-state index is 6.32. The van der Waals surface area contributed by atoms with Crippen LogP contribution in [0.3, 0.4) is 0 Å². The summed E-state index contributed by atoms with van der Waals surface area (Å²) in [6.45, 7) is 4.27. The van der Waals surface area contributed by atoms with Crippen LogP contribution in [0.1, 0.15) is 12.8 Å². The lowest BCUT2D eigenvalue weighted by molar-refractivity contribution is 0.240. The van der Waals surface area contributed by atoms with E-state index in [-0.39, 0.29) is 0 Å². The first-order valence-electron chi connectivity index (χ1n) is 5.87. The summed E-state index contributed by atoms with van der Waals surface area (Å²) in [6, 6.07) is 2.02. The number of rotatable bonds is 10. The molecule has 0 bridgehead atoms. The molecule has 17 heavy (non-hydrogen) atoms. The molecule has 2 atom stereocenters. The van der Waals surface area contributed by atoms with E-state index >= 15 is 0 Å². The number of hydrogen-bond acceptors (Lipinski definition) is 3. The van der Waals surface area contributed by atoms with Gasteiger partial charge in [-0.2, -0.15) is 0 Å². The topological polar surface area (TPSA) is 27.7 Å². The van der Waals surface area contributed by atoms with Crippen LogP contribution in [0.15, 0.2) is 0 Å². The van der Waals surface area contributed by atoms with Crippen molar-refractivity contribution >= 4 is 49.0 Å². The van der Waals surface area contributed by atoms with Crippen molar-refractivity contribution in [3.05, 3.63) is 0 Å². The van der Waals surface area contributed by atoms with Crippen molar-refractivity contribution < 1.29 is 13.0 Å². The van der Waals surface area contributed by atoms with E-state index in [4.69, 9.17) is 13.0 Å². The SMILES string of the molecule is CO[Si](C)(CCCBr)O[Si](C)(CCCBr)OC. The molecule has 0 saturated heterocycles. The Bertz CT molecular complexity index is 192. The lowest BCUT2D eigenvalue weighted by Crippen LogP contribution is -2.51. The first-order chi connectivity index (χ1) is 7.95. The highest BCUT2D eigenvalue weighted by Gasteiger charge is 2.41. The van der Waals surface area contributed by atoms with Crippen LogP contribution in [0.5, 0.6) is 0 Å². The zero-order valence-corrected chi connectivity index (χ0v) is 16.4. The Morgan fingerprint density at radius 3 is 1.41 bits per heavy atom. The van der Waals surface area contributed by atoms with Gasteiger partial charge in [0.25, 0.3) is 0 Å². The Balaban J connectivity index is 4.47. The molecule has 0 spiro atoms. The zero-order chi connectivity index (χ0) is 13.4. The van der Waals surface area contributed by atoms with Gasteiger partial charge in [-0.25, -0.2) is 0 Å². The summed E-state index contributed by atoms with van der Waals surface area (Å²) in [4.78, 5) is 0. The molecule has 0 fully saturated rings. The van der Waals surface area contributed by atoms with Crippen LogP contribution in [0, 0.1) is 0 Å². The largest absolute Gasteiger partial charge is 0.415 e. The maximum absolute atomic E-state index is 6.32. The van der Waals surface area contributed by atoms with E-state index < -0.39 is 17.1 Å². The molecule has 0 N–H and O–H groups in total. The highest BCUT2D eigenvalue weighted by Crippen LogP contribution is 2.25. The van der Waals surface area contributed by atoms with E-state index in [9.17, 15) is 0 Å². The van der Waals surface area contributed by atoms with Crippen molar-refractivity contribution in [3.63, 3.8) is 0 Å². The summed E-state index contributed by atoms with van der Waals surface area (Å²) in [6.07, 6.45) is 2.17. The van der Waals surface area contributed by atoms with Crippen LogP contribution < -0.4 is 0 Å². The van der Waals surface area contributed by atoms with Crippen molar-refractivity contribution in [3.8, 4) is 0 Å². The normalized spacial score (nSPS) is 18.7. The summed E-state index contributed by atoms with van der Waals surface area (Å²) in [5.41, 5.74) is 0. The van der Waals surface area contributed by atoms with Crippen molar-refractivity contribution in [1.82, 2.24) is 0 Å². The summed E-state index contributed by atoms with van der Waals surface area (Å²) in [5.74, 6) is 0. The predicted molar refractivity (Wildman–Crippen MR) is 84.8 cm³/mol. The van der Waals surface area contributed by atoms with E-state index in [1.54, 1.807) is 14.2 Å². The van der Waals surface area contributed by atoms with Gasteiger partial charge >= 0.3 is 17.1 Å². The van der Waals surface area contributed by atoms with Crippen LogP contribution in [0.2, 0.25) is 25.2 Å². The molecule has 0 aliphatic heterocycles. The quantitative estimate of drug-likeness (QED) is 0.404.